The summed E-state index contributed by atoms with van der Waals surface area (Å²) >= 11 is 12.0. The highest BCUT2D eigenvalue weighted by Crippen LogP contribution is 2.25. The van der Waals surface area contributed by atoms with Gasteiger partial charge in [0.1, 0.15) is 0 Å². The van der Waals surface area contributed by atoms with E-state index >= 15 is 0 Å². The molecule has 1 unspecified atom stereocenters. The molecule has 2 aliphatic heterocycles. The minimum atomic E-state index is -0.256. The monoisotopic (exact) mass is 425 g/mol. The van der Waals surface area contributed by atoms with Gasteiger partial charge in [-0.05, 0) is 44.9 Å². The molecule has 152 valence electrons. The van der Waals surface area contributed by atoms with Crippen LogP contribution in [-0.4, -0.2) is 59.2 Å². The van der Waals surface area contributed by atoms with Crippen LogP contribution in [0.4, 0.5) is 0 Å². The zero-order chi connectivity index (χ0) is 20.4. The Kier molecular flexibility index (Phi) is 6.50. The number of piperidine rings is 1. The average Bonchev–Trinajstić information content (AvgIpc) is 3.03. The summed E-state index contributed by atoms with van der Waals surface area (Å²) in [7, 11) is 0. The number of benzene rings is 1. The molecule has 0 radical (unpaired) electrons. The van der Waals surface area contributed by atoms with Gasteiger partial charge in [-0.2, -0.15) is 0 Å². The van der Waals surface area contributed by atoms with Crippen molar-refractivity contribution in [2.75, 3.05) is 19.6 Å². The molecular weight excluding hydrogens is 401 g/mol. The van der Waals surface area contributed by atoms with Crippen LogP contribution in [0.1, 0.15) is 43.5 Å². The summed E-state index contributed by atoms with van der Waals surface area (Å²) in [5.41, 5.74) is 0.391. The summed E-state index contributed by atoms with van der Waals surface area (Å²) in [5, 5.41) is 3.79. The van der Waals surface area contributed by atoms with Gasteiger partial charge in [0, 0.05) is 43.2 Å². The lowest BCUT2D eigenvalue weighted by Crippen LogP contribution is -2.48. The molecule has 0 aliphatic carbocycles. The molecule has 0 aromatic heterocycles. The van der Waals surface area contributed by atoms with E-state index in [1.165, 1.54) is 0 Å². The van der Waals surface area contributed by atoms with Crippen molar-refractivity contribution in [3.63, 3.8) is 0 Å². The highest BCUT2D eigenvalue weighted by Gasteiger charge is 2.38. The summed E-state index contributed by atoms with van der Waals surface area (Å²) in [6, 6.07) is 4.89. The second-order valence-electron chi connectivity index (χ2n) is 7.74. The number of likely N-dealkylation sites (tertiary alicyclic amines) is 2. The molecule has 1 atom stereocenters. The highest BCUT2D eigenvalue weighted by molar-refractivity contribution is 6.36. The van der Waals surface area contributed by atoms with Crippen molar-refractivity contribution in [2.45, 2.75) is 45.2 Å². The highest BCUT2D eigenvalue weighted by atomic mass is 35.5. The van der Waals surface area contributed by atoms with E-state index in [1.807, 2.05) is 18.7 Å². The van der Waals surface area contributed by atoms with E-state index in [4.69, 9.17) is 23.2 Å². The van der Waals surface area contributed by atoms with Crippen LogP contribution in [0.3, 0.4) is 0 Å². The molecule has 2 aliphatic rings. The smallest absolute Gasteiger partial charge is 0.253 e. The van der Waals surface area contributed by atoms with Gasteiger partial charge in [-0.3, -0.25) is 14.4 Å². The Balaban J connectivity index is 1.51. The second kappa shape index (κ2) is 8.70. The largest absolute Gasteiger partial charge is 0.349 e. The van der Waals surface area contributed by atoms with Gasteiger partial charge in [-0.25, -0.2) is 0 Å². The third kappa shape index (κ3) is 4.61. The van der Waals surface area contributed by atoms with Crippen LogP contribution >= 0.6 is 23.2 Å². The van der Waals surface area contributed by atoms with Crippen molar-refractivity contribution in [1.82, 2.24) is 15.1 Å². The first-order chi connectivity index (χ1) is 13.3. The predicted octanol–water partition coefficient (Wildman–Crippen LogP) is 2.97. The summed E-state index contributed by atoms with van der Waals surface area (Å²) in [6.45, 7) is 5.58. The topological polar surface area (TPSA) is 69.7 Å². The molecule has 8 heteroatoms. The van der Waals surface area contributed by atoms with Crippen LogP contribution in [-0.2, 0) is 9.59 Å². The molecule has 28 heavy (non-hydrogen) atoms. The zero-order valence-electron chi connectivity index (χ0n) is 16.1. The van der Waals surface area contributed by atoms with Crippen LogP contribution in [0, 0.1) is 5.92 Å². The fourth-order valence-electron chi connectivity index (χ4n) is 3.84. The summed E-state index contributed by atoms with van der Waals surface area (Å²) in [6.07, 6.45) is 1.65. The first-order valence-electron chi connectivity index (χ1n) is 9.60. The molecule has 3 rings (SSSR count). The summed E-state index contributed by atoms with van der Waals surface area (Å²) in [5.74, 6) is -0.397. The lowest BCUT2D eigenvalue weighted by molar-refractivity contribution is -0.136. The lowest BCUT2D eigenvalue weighted by Gasteiger charge is -2.34. The molecule has 0 saturated carbocycles. The van der Waals surface area contributed by atoms with E-state index in [-0.39, 0.29) is 35.7 Å². The Bertz CT molecular complexity index is 776. The number of nitrogens with zero attached hydrogens (tertiary/aromatic N) is 2. The van der Waals surface area contributed by atoms with Crippen molar-refractivity contribution in [3.8, 4) is 0 Å². The van der Waals surface area contributed by atoms with Gasteiger partial charge in [-0.1, -0.05) is 23.2 Å². The maximum Gasteiger partial charge on any atom is 0.253 e. The van der Waals surface area contributed by atoms with E-state index in [9.17, 15) is 14.4 Å². The average molecular weight is 426 g/mol. The van der Waals surface area contributed by atoms with Crippen molar-refractivity contribution in [1.29, 1.82) is 0 Å². The van der Waals surface area contributed by atoms with E-state index < -0.39 is 0 Å². The SMILES string of the molecule is CC(C)N1CC(C(=O)N2CCC(NC(=O)c3ccc(Cl)cc3Cl)CC2)CC1=O. The number of amides is 3. The molecule has 2 heterocycles. The molecule has 6 nitrogen and oxygen atoms in total. The number of carbonyl (C=O) groups excluding carboxylic acids is 3. The second-order valence-corrected chi connectivity index (χ2v) is 8.58. The Morgan fingerprint density at radius 1 is 1.18 bits per heavy atom. The first-order valence-corrected chi connectivity index (χ1v) is 10.4. The molecule has 1 aromatic rings. The van der Waals surface area contributed by atoms with Crippen molar-refractivity contribution in [2.24, 2.45) is 5.92 Å². The van der Waals surface area contributed by atoms with Gasteiger partial charge < -0.3 is 15.1 Å². The summed E-state index contributed by atoms with van der Waals surface area (Å²) < 4.78 is 0. The molecule has 3 amide bonds. The number of rotatable bonds is 4. The van der Waals surface area contributed by atoms with Gasteiger partial charge in [0.05, 0.1) is 16.5 Å². The third-order valence-electron chi connectivity index (χ3n) is 5.45. The molecule has 1 aromatic carbocycles. The quantitative estimate of drug-likeness (QED) is 0.805. The molecule has 0 spiro atoms. The third-order valence-corrected chi connectivity index (χ3v) is 6.00. The van der Waals surface area contributed by atoms with Crippen LogP contribution in [0.2, 0.25) is 10.0 Å². The number of halogens is 2. The fourth-order valence-corrected chi connectivity index (χ4v) is 4.33. The van der Waals surface area contributed by atoms with Gasteiger partial charge in [0.25, 0.3) is 5.91 Å². The van der Waals surface area contributed by atoms with Crippen molar-refractivity contribution < 1.29 is 14.4 Å². The van der Waals surface area contributed by atoms with Crippen molar-refractivity contribution in [3.05, 3.63) is 33.8 Å². The Morgan fingerprint density at radius 2 is 1.86 bits per heavy atom. The standard InChI is InChI=1S/C20H25Cl2N3O3/c1-12(2)25-11-13(9-18(25)26)20(28)24-7-5-15(6-8-24)23-19(27)16-4-3-14(21)10-17(16)22/h3-4,10,12-13,15H,5-9,11H2,1-2H3,(H,23,27). The minimum absolute atomic E-state index is 0.0133. The van der Waals surface area contributed by atoms with Crippen LogP contribution in [0.5, 0.6) is 0 Å². The Morgan fingerprint density at radius 3 is 2.43 bits per heavy atom. The maximum absolute atomic E-state index is 12.8. The molecule has 0 bridgehead atoms. The Hall–Kier alpha value is -1.79. The number of nitrogens with one attached hydrogen (secondary N) is 1. The molecule has 1 N–H and O–H groups in total. The minimum Gasteiger partial charge on any atom is -0.349 e. The zero-order valence-corrected chi connectivity index (χ0v) is 17.6. The summed E-state index contributed by atoms with van der Waals surface area (Å²) in [4.78, 5) is 40.9. The number of carbonyl (C=O) groups is 3. The van der Waals surface area contributed by atoms with Crippen LogP contribution < -0.4 is 5.32 Å². The first kappa shape index (κ1) is 20.9. The number of hydrogen-bond acceptors (Lipinski definition) is 3. The van der Waals surface area contributed by atoms with Crippen LogP contribution in [0.25, 0.3) is 0 Å². The lowest BCUT2D eigenvalue weighted by atomic mass is 10.0. The molecular formula is C20H25Cl2N3O3. The normalized spacial score (nSPS) is 20.8. The van der Waals surface area contributed by atoms with E-state index in [1.54, 1.807) is 23.1 Å². The van der Waals surface area contributed by atoms with Gasteiger partial charge >= 0.3 is 0 Å². The molecule has 2 saturated heterocycles. The maximum atomic E-state index is 12.8. The van der Waals surface area contributed by atoms with Crippen molar-refractivity contribution >= 4 is 40.9 Å². The fraction of sp³-hybridized carbons (Fsp3) is 0.550. The van der Waals surface area contributed by atoms with Gasteiger partial charge in [0.2, 0.25) is 11.8 Å². The van der Waals surface area contributed by atoms with Gasteiger partial charge in [0.15, 0.2) is 0 Å². The number of hydrogen-bond donors (Lipinski definition) is 1. The molecule has 2 fully saturated rings. The van der Waals surface area contributed by atoms with E-state index in [2.05, 4.69) is 5.32 Å². The Labute approximate surface area is 175 Å². The van der Waals surface area contributed by atoms with Gasteiger partial charge in [-0.15, -0.1) is 0 Å². The van der Waals surface area contributed by atoms with E-state index in [0.717, 1.165) is 0 Å². The predicted molar refractivity (Wildman–Crippen MR) is 108 cm³/mol. The van der Waals surface area contributed by atoms with E-state index in [0.29, 0.717) is 54.5 Å². The van der Waals surface area contributed by atoms with Crippen LogP contribution in [0.15, 0.2) is 18.2 Å².